The van der Waals surface area contributed by atoms with E-state index in [1.807, 2.05) is 24.3 Å². The second-order valence-electron chi connectivity index (χ2n) is 5.26. The summed E-state index contributed by atoms with van der Waals surface area (Å²) in [7, 11) is 0. The van der Waals surface area contributed by atoms with Crippen molar-refractivity contribution >= 4 is 33.7 Å². The highest BCUT2D eigenvalue weighted by atomic mass is 79.9. The van der Waals surface area contributed by atoms with E-state index in [2.05, 4.69) is 33.4 Å². The summed E-state index contributed by atoms with van der Waals surface area (Å²) < 4.78 is 0.417. The zero-order chi connectivity index (χ0) is 18.4. The van der Waals surface area contributed by atoms with E-state index in [-0.39, 0.29) is 17.9 Å². The molecular weight excluding hydrogens is 390 g/mol. The molecule has 2 N–H and O–H groups in total. The van der Waals surface area contributed by atoms with Gasteiger partial charge in [0.25, 0.3) is 0 Å². The Kier molecular flexibility index (Phi) is 6.24. The summed E-state index contributed by atoms with van der Waals surface area (Å²) in [5.74, 6) is -0.842. The normalized spacial score (nSPS) is 10.8. The van der Waals surface area contributed by atoms with Gasteiger partial charge in [-0.15, -0.1) is 0 Å². The molecular formula is C17H16BrN3O4. The largest absolute Gasteiger partial charge is 0.502 e. The summed E-state index contributed by atoms with van der Waals surface area (Å²) in [5, 5.41) is 24.5. The first-order valence-corrected chi connectivity index (χ1v) is 8.26. The van der Waals surface area contributed by atoms with Crippen molar-refractivity contribution in [2.45, 2.75) is 19.8 Å². The van der Waals surface area contributed by atoms with Crippen molar-refractivity contribution in [3.8, 4) is 5.75 Å². The summed E-state index contributed by atoms with van der Waals surface area (Å²) in [4.78, 5) is 22.0. The lowest BCUT2D eigenvalue weighted by Gasteiger charge is -2.03. The number of aryl methyl sites for hydroxylation is 1. The van der Waals surface area contributed by atoms with Crippen LogP contribution >= 0.6 is 15.9 Å². The van der Waals surface area contributed by atoms with Crippen molar-refractivity contribution in [2.75, 3.05) is 0 Å². The van der Waals surface area contributed by atoms with Crippen LogP contribution in [0.2, 0.25) is 0 Å². The van der Waals surface area contributed by atoms with Crippen LogP contribution in [0, 0.1) is 10.1 Å². The summed E-state index contributed by atoms with van der Waals surface area (Å²) in [6.07, 6.45) is 2.25. The Morgan fingerprint density at radius 3 is 2.56 bits per heavy atom. The molecule has 8 heteroatoms. The highest BCUT2D eigenvalue weighted by Crippen LogP contribution is 2.32. The van der Waals surface area contributed by atoms with E-state index in [0.29, 0.717) is 4.47 Å². The molecule has 0 fully saturated rings. The standard InChI is InChI=1S/C17H16BrN3O4/c1-2-11-3-5-12(6-4-11)7-16(22)20-19-10-13-8-14(18)9-15(17(13)23)21(24)25/h3-6,8-10,23H,2,7H2,1H3,(H,20,22)/b19-10+. The number of phenolic OH excluding ortho intramolecular Hbond substituents is 1. The van der Waals surface area contributed by atoms with E-state index in [9.17, 15) is 20.0 Å². The Labute approximate surface area is 152 Å². The van der Waals surface area contributed by atoms with E-state index in [0.717, 1.165) is 18.2 Å². The Hall–Kier alpha value is -2.74. The molecule has 0 aromatic heterocycles. The van der Waals surface area contributed by atoms with Crippen LogP contribution in [0.4, 0.5) is 5.69 Å². The fourth-order valence-corrected chi connectivity index (χ4v) is 2.60. The number of aromatic hydroxyl groups is 1. The van der Waals surface area contributed by atoms with E-state index >= 15 is 0 Å². The van der Waals surface area contributed by atoms with Crippen LogP contribution in [0.15, 0.2) is 46.0 Å². The maximum Gasteiger partial charge on any atom is 0.312 e. The number of phenols is 1. The van der Waals surface area contributed by atoms with Crippen molar-refractivity contribution in [1.82, 2.24) is 5.43 Å². The smallest absolute Gasteiger partial charge is 0.312 e. The third kappa shape index (κ3) is 5.12. The lowest BCUT2D eigenvalue weighted by atomic mass is 10.1. The zero-order valence-corrected chi connectivity index (χ0v) is 15.0. The Morgan fingerprint density at radius 1 is 1.32 bits per heavy atom. The predicted molar refractivity (Wildman–Crippen MR) is 97.7 cm³/mol. The molecule has 0 saturated carbocycles. The van der Waals surface area contributed by atoms with Gasteiger partial charge in [0.1, 0.15) is 0 Å². The van der Waals surface area contributed by atoms with Crippen molar-refractivity contribution in [2.24, 2.45) is 5.10 Å². The number of nitro groups is 1. The molecule has 0 bridgehead atoms. The van der Waals surface area contributed by atoms with Crippen molar-refractivity contribution < 1.29 is 14.8 Å². The van der Waals surface area contributed by atoms with Crippen molar-refractivity contribution in [1.29, 1.82) is 0 Å². The Morgan fingerprint density at radius 2 is 1.96 bits per heavy atom. The predicted octanol–water partition coefficient (Wildman–Crippen LogP) is 3.32. The van der Waals surface area contributed by atoms with E-state index in [1.54, 1.807) is 0 Å². The number of benzene rings is 2. The van der Waals surface area contributed by atoms with E-state index in [4.69, 9.17) is 0 Å². The lowest BCUT2D eigenvalue weighted by Crippen LogP contribution is -2.19. The number of nitro benzene ring substituents is 1. The number of hydrogen-bond acceptors (Lipinski definition) is 5. The number of halogens is 1. The van der Waals surface area contributed by atoms with Crippen LogP contribution in [-0.2, 0) is 17.6 Å². The van der Waals surface area contributed by atoms with Crippen molar-refractivity contribution in [3.05, 3.63) is 67.7 Å². The number of hydrogen-bond donors (Lipinski definition) is 2. The van der Waals surface area contributed by atoms with Gasteiger partial charge in [0, 0.05) is 16.1 Å². The number of carbonyl (C=O) groups is 1. The number of carbonyl (C=O) groups excluding carboxylic acids is 1. The van der Waals surface area contributed by atoms with Crippen LogP contribution < -0.4 is 5.43 Å². The molecule has 0 atom stereocenters. The second kappa shape index (κ2) is 8.39. The first-order chi connectivity index (χ1) is 11.9. The van der Waals surface area contributed by atoms with Crippen LogP contribution in [0.5, 0.6) is 5.75 Å². The Balaban J connectivity index is 2.02. The Bertz CT molecular complexity index is 819. The molecule has 25 heavy (non-hydrogen) atoms. The number of rotatable bonds is 6. The maximum atomic E-state index is 11.9. The first-order valence-electron chi connectivity index (χ1n) is 7.47. The molecule has 0 unspecified atom stereocenters. The highest BCUT2D eigenvalue weighted by molar-refractivity contribution is 9.10. The van der Waals surface area contributed by atoms with Gasteiger partial charge >= 0.3 is 5.69 Å². The maximum absolute atomic E-state index is 11.9. The third-order valence-corrected chi connectivity index (χ3v) is 3.93. The minimum Gasteiger partial charge on any atom is -0.502 e. The number of nitrogens with one attached hydrogen (secondary N) is 1. The SMILES string of the molecule is CCc1ccc(CC(=O)N/N=C/c2cc(Br)cc([N+](=O)[O-])c2O)cc1. The number of amides is 1. The van der Waals surface area contributed by atoms with Crippen molar-refractivity contribution in [3.63, 3.8) is 0 Å². The molecule has 2 rings (SSSR count). The molecule has 0 radical (unpaired) electrons. The van der Waals surface area contributed by atoms with Gasteiger partial charge in [-0.05, 0) is 23.6 Å². The molecule has 0 aliphatic rings. The minimum absolute atomic E-state index is 0.119. The van der Waals surface area contributed by atoms with Gasteiger partial charge in [-0.2, -0.15) is 5.10 Å². The summed E-state index contributed by atoms with van der Waals surface area (Å²) >= 11 is 3.13. The van der Waals surface area contributed by atoms with E-state index < -0.39 is 16.4 Å². The van der Waals surface area contributed by atoms with Crippen LogP contribution in [0.25, 0.3) is 0 Å². The molecule has 2 aromatic carbocycles. The fraction of sp³-hybridized carbons (Fsp3) is 0.176. The summed E-state index contributed by atoms with van der Waals surface area (Å²) in [6.45, 7) is 2.05. The molecule has 0 heterocycles. The molecule has 130 valence electrons. The van der Waals surface area contributed by atoms with Crippen LogP contribution in [0.1, 0.15) is 23.6 Å². The molecule has 0 spiro atoms. The molecule has 1 amide bonds. The minimum atomic E-state index is -0.698. The summed E-state index contributed by atoms with van der Waals surface area (Å²) in [5.41, 5.74) is 4.05. The second-order valence-corrected chi connectivity index (χ2v) is 6.18. The molecule has 0 aliphatic heterocycles. The quantitative estimate of drug-likeness (QED) is 0.436. The molecule has 7 nitrogen and oxygen atoms in total. The average molecular weight is 406 g/mol. The summed E-state index contributed by atoms with van der Waals surface area (Å²) in [6, 6.07) is 10.3. The lowest BCUT2D eigenvalue weighted by molar-refractivity contribution is -0.385. The third-order valence-electron chi connectivity index (χ3n) is 3.47. The topological polar surface area (TPSA) is 105 Å². The highest BCUT2D eigenvalue weighted by Gasteiger charge is 2.17. The molecule has 2 aromatic rings. The number of nitrogens with zero attached hydrogens (tertiary/aromatic N) is 2. The van der Waals surface area contributed by atoms with Crippen LogP contribution in [-0.4, -0.2) is 22.2 Å². The van der Waals surface area contributed by atoms with E-state index in [1.165, 1.54) is 17.7 Å². The van der Waals surface area contributed by atoms with Gasteiger partial charge in [-0.25, -0.2) is 5.43 Å². The van der Waals surface area contributed by atoms with Gasteiger partial charge in [0.05, 0.1) is 17.6 Å². The monoisotopic (exact) mass is 405 g/mol. The van der Waals surface area contributed by atoms with Gasteiger partial charge in [0.2, 0.25) is 11.7 Å². The molecule has 0 aliphatic carbocycles. The fourth-order valence-electron chi connectivity index (χ4n) is 2.13. The van der Waals surface area contributed by atoms with Gasteiger partial charge in [-0.3, -0.25) is 14.9 Å². The van der Waals surface area contributed by atoms with Crippen LogP contribution in [0.3, 0.4) is 0 Å². The average Bonchev–Trinajstić information content (AvgIpc) is 2.58. The van der Waals surface area contributed by atoms with Gasteiger partial charge < -0.3 is 5.11 Å². The zero-order valence-electron chi connectivity index (χ0n) is 13.4. The molecule has 0 saturated heterocycles. The number of hydrazone groups is 1. The van der Waals surface area contributed by atoms with Gasteiger partial charge in [-0.1, -0.05) is 47.1 Å². The first kappa shape index (κ1) is 18.6. The van der Waals surface area contributed by atoms with Gasteiger partial charge in [0.15, 0.2) is 0 Å².